The van der Waals surface area contributed by atoms with Gasteiger partial charge in [0.25, 0.3) is 0 Å². The summed E-state index contributed by atoms with van der Waals surface area (Å²) in [6.07, 6.45) is 17.8. The number of amides is 4. The van der Waals surface area contributed by atoms with Crippen LogP contribution in [0.4, 0.5) is 16.2 Å². The Morgan fingerprint density at radius 2 is 1.46 bits per heavy atom. The Balaban J connectivity index is 0.832. The summed E-state index contributed by atoms with van der Waals surface area (Å²) in [5.41, 5.74) is 7.75. The van der Waals surface area contributed by atoms with Crippen molar-refractivity contribution < 1.29 is 19.0 Å². The molecular formula is C46H65N6O3S+. The molecule has 0 unspecified atom stereocenters. The molecule has 0 spiro atoms. The summed E-state index contributed by atoms with van der Waals surface area (Å²) in [5, 5.41) is 12.6. The first-order chi connectivity index (χ1) is 27.0. The average molecular weight is 782 g/mol. The number of thioether (sulfide) groups is 1. The molecule has 4 aliphatic rings. The number of carbonyl (C=O) groups is 3. The number of nitrogens with zero attached hydrogens (tertiary/aromatic N) is 2. The number of nitrogens with one attached hydrogen (secondary N) is 4. The predicted molar refractivity (Wildman–Crippen MR) is 231 cm³/mol. The van der Waals surface area contributed by atoms with Crippen molar-refractivity contribution in [1.29, 1.82) is 0 Å². The Morgan fingerprint density at radius 1 is 0.821 bits per heavy atom. The van der Waals surface area contributed by atoms with Crippen LogP contribution in [0.2, 0.25) is 0 Å². The van der Waals surface area contributed by atoms with Gasteiger partial charge in [0.2, 0.25) is 17.5 Å². The number of anilines is 1. The molecule has 4 N–H and O–H groups in total. The van der Waals surface area contributed by atoms with E-state index in [1.807, 2.05) is 11.8 Å². The standard InChI is InChI=1S/C46H64N6O3S/c1-45(2)33-20-10-12-22-36(33)51(5)39(45)25-19-26-40-46(3,4)34-21-11-13-23-37(34)52(40)31-18-8-9-27-41(53)47-29-16-6-7-17-30-48-42(54)28-15-14-24-38-43-35(32-56-38)49-44(55)50-43/h10-13,19-23,25-26,35,38,43H,6-9,14-18,24,27-32H2,1-5H3,(H3-,47,48,49,50,53,54,55)/p+1/t35-,38-,43-/m0/s1. The first-order valence-corrected chi connectivity index (χ1v) is 22.2. The third-order valence-corrected chi connectivity index (χ3v) is 13.9. The van der Waals surface area contributed by atoms with Crippen molar-refractivity contribution in [3.63, 3.8) is 0 Å². The third-order valence-electron chi connectivity index (χ3n) is 12.4. The maximum atomic E-state index is 12.6. The summed E-state index contributed by atoms with van der Waals surface area (Å²) >= 11 is 1.93. The number of allylic oxidation sites excluding steroid dienone is 4. The van der Waals surface area contributed by atoms with Crippen LogP contribution in [0, 0.1) is 0 Å². The fraction of sp³-hybridized carbons (Fsp3) is 0.565. The van der Waals surface area contributed by atoms with Gasteiger partial charge >= 0.3 is 6.03 Å². The summed E-state index contributed by atoms with van der Waals surface area (Å²) in [6.45, 7) is 11.6. The first-order valence-electron chi connectivity index (χ1n) is 21.2. The van der Waals surface area contributed by atoms with E-state index in [4.69, 9.17) is 0 Å². The summed E-state index contributed by atoms with van der Waals surface area (Å²) in [5.74, 6) is 1.25. The van der Waals surface area contributed by atoms with Crippen molar-refractivity contribution in [3.05, 3.63) is 83.6 Å². The lowest BCUT2D eigenvalue weighted by Gasteiger charge is -2.27. The van der Waals surface area contributed by atoms with Crippen LogP contribution in [0.1, 0.15) is 116 Å². The van der Waals surface area contributed by atoms with E-state index in [0.717, 1.165) is 76.5 Å². The van der Waals surface area contributed by atoms with E-state index in [1.165, 1.54) is 33.9 Å². The number of rotatable bonds is 20. The molecule has 0 radical (unpaired) electrons. The molecule has 0 aromatic heterocycles. The largest absolute Gasteiger partial charge is 0.356 e. The molecule has 2 fully saturated rings. The van der Waals surface area contributed by atoms with E-state index in [-0.39, 0.29) is 40.8 Å². The highest BCUT2D eigenvalue weighted by atomic mass is 32.2. The van der Waals surface area contributed by atoms with Gasteiger partial charge in [-0.2, -0.15) is 16.3 Å². The maximum Gasteiger partial charge on any atom is 0.315 e. The Bertz CT molecular complexity index is 1810. The van der Waals surface area contributed by atoms with Gasteiger partial charge in [-0.05, 0) is 70.1 Å². The summed E-state index contributed by atoms with van der Waals surface area (Å²) in [7, 11) is 2.17. The highest BCUT2D eigenvalue weighted by Gasteiger charge is 2.44. The lowest BCUT2D eigenvalue weighted by molar-refractivity contribution is -0.401. The Morgan fingerprint density at radius 3 is 2.18 bits per heavy atom. The molecule has 3 atom stereocenters. The van der Waals surface area contributed by atoms with E-state index in [9.17, 15) is 14.4 Å². The van der Waals surface area contributed by atoms with Crippen LogP contribution in [0.3, 0.4) is 0 Å². The number of para-hydroxylation sites is 2. The van der Waals surface area contributed by atoms with E-state index < -0.39 is 0 Å². The van der Waals surface area contributed by atoms with Crippen LogP contribution in [0.5, 0.6) is 0 Å². The minimum absolute atomic E-state index is 0.0453. The number of unbranched alkanes of at least 4 members (excludes halogenated alkanes) is 6. The molecule has 56 heavy (non-hydrogen) atoms. The molecule has 2 aromatic rings. The van der Waals surface area contributed by atoms with Gasteiger partial charge in [0, 0.05) is 78.0 Å². The Labute approximate surface area is 339 Å². The van der Waals surface area contributed by atoms with Gasteiger partial charge in [-0.3, -0.25) is 9.59 Å². The van der Waals surface area contributed by atoms with Gasteiger partial charge in [0.15, 0.2) is 5.71 Å². The molecule has 6 rings (SSSR count). The van der Waals surface area contributed by atoms with E-state index in [1.54, 1.807) is 0 Å². The van der Waals surface area contributed by atoms with Crippen molar-refractivity contribution in [2.75, 3.05) is 37.3 Å². The second-order valence-electron chi connectivity index (χ2n) is 17.1. The second-order valence-corrected chi connectivity index (χ2v) is 18.4. The normalized spacial score (nSPS) is 22.3. The maximum absolute atomic E-state index is 12.6. The van der Waals surface area contributed by atoms with Crippen LogP contribution in [-0.2, 0) is 20.4 Å². The van der Waals surface area contributed by atoms with Gasteiger partial charge in [0.1, 0.15) is 7.05 Å². The van der Waals surface area contributed by atoms with Crippen molar-refractivity contribution in [2.24, 2.45) is 0 Å². The van der Waals surface area contributed by atoms with Crippen LogP contribution < -0.4 is 26.2 Å². The topological polar surface area (TPSA) is 106 Å². The number of fused-ring (bicyclic) bond motifs is 3. The fourth-order valence-corrected chi connectivity index (χ4v) is 10.7. The van der Waals surface area contributed by atoms with Gasteiger partial charge in [-0.25, -0.2) is 4.79 Å². The van der Waals surface area contributed by atoms with Crippen LogP contribution in [0.25, 0.3) is 0 Å². The van der Waals surface area contributed by atoms with Crippen molar-refractivity contribution in [1.82, 2.24) is 21.3 Å². The fourth-order valence-electron chi connectivity index (χ4n) is 9.16. The zero-order valence-corrected chi connectivity index (χ0v) is 35.2. The molecule has 4 heterocycles. The minimum Gasteiger partial charge on any atom is -0.356 e. The molecule has 10 heteroatoms. The molecule has 0 aliphatic carbocycles. The monoisotopic (exact) mass is 781 g/mol. The van der Waals surface area contributed by atoms with Gasteiger partial charge in [0.05, 0.1) is 17.5 Å². The third kappa shape index (κ3) is 9.72. The number of urea groups is 1. The Hall–Kier alpha value is -4.05. The number of hydrogen-bond acceptors (Lipinski definition) is 5. The van der Waals surface area contributed by atoms with E-state index in [2.05, 4.69) is 132 Å². The summed E-state index contributed by atoms with van der Waals surface area (Å²) < 4.78 is 2.32. The van der Waals surface area contributed by atoms with Gasteiger partial charge in [-0.1, -0.05) is 82.0 Å². The average Bonchev–Trinajstić information content (AvgIpc) is 3.85. The summed E-state index contributed by atoms with van der Waals surface area (Å²) in [6, 6.07) is 17.9. The van der Waals surface area contributed by atoms with Crippen molar-refractivity contribution >= 4 is 46.7 Å². The lowest BCUT2D eigenvalue weighted by Crippen LogP contribution is -2.36. The molecule has 302 valence electrons. The molecule has 2 aromatic carbocycles. The molecular weight excluding hydrogens is 717 g/mol. The molecule has 0 saturated carbocycles. The number of benzene rings is 2. The molecule has 4 aliphatic heterocycles. The molecule has 4 amide bonds. The molecule has 0 bridgehead atoms. The molecule has 2 saturated heterocycles. The highest BCUT2D eigenvalue weighted by molar-refractivity contribution is 8.00. The SMILES string of the molecule is C[N+]1=C(/C=C/C=C2/N(CCCCCC(=O)NCCCCCCNC(=O)CCCC[C@@H]3SC[C@@H]4NC(=O)N[C@@H]43)c3ccccc3C2(C)C)C(C)(C)c2ccccc21. The van der Waals surface area contributed by atoms with E-state index >= 15 is 0 Å². The van der Waals surface area contributed by atoms with Crippen LogP contribution >= 0.6 is 11.8 Å². The zero-order chi connectivity index (χ0) is 39.7. The Kier molecular flexibility index (Phi) is 14.1. The number of hydrogen-bond donors (Lipinski definition) is 4. The van der Waals surface area contributed by atoms with Crippen LogP contribution in [0.15, 0.2) is 72.5 Å². The van der Waals surface area contributed by atoms with Gasteiger partial charge in [-0.15, -0.1) is 0 Å². The first kappa shape index (κ1) is 41.6. The number of carbonyl (C=O) groups excluding carboxylic acids is 3. The van der Waals surface area contributed by atoms with E-state index in [0.29, 0.717) is 31.2 Å². The van der Waals surface area contributed by atoms with Gasteiger partial charge < -0.3 is 26.2 Å². The quantitative estimate of drug-likeness (QED) is 0.0620. The minimum atomic E-state index is -0.102. The highest BCUT2D eigenvalue weighted by Crippen LogP contribution is 2.48. The lowest BCUT2D eigenvalue weighted by atomic mass is 9.81. The van der Waals surface area contributed by atoms with Crippen molar-refractivity contribution in [3.8, 4) is 0 Å². The zero-order valence-electron chi connectivity index (χ0n) is 34.4. The van der Waals surface area contributed by atoms with Crippen LogP contribution in [-0.4, -0.2) is 77.9 Å². The summed E-state index contributed by atoms with van der Waals surface area (Å²) in [4.78, 5) is 38.9. The molecule has 9 nitrogen and oxygen atoms in total. The second kappa shape index (κ2) is 18.9. The van der Waals surface area contributed by atoms with Crippen molar-refractivity contribution in [2.45, 2.75) is 133 Å². The smallest absolute Gasteiger partial charge is 0.315 e. The predicted octanol–water partition coefficient (Wildman–Crippen LogP) is 8.01.